The zero-order chi connectivity index (χ0) is 5.86. The van der Waals surface area contributed by atoms with Gasteiger partial charge in [-0.2, -0.15) is 0 Å². The summed E-state index contributed by atoms with van der Waals surface area (Å²) in [5.41, 5.74) is 5.79. The van der Waals surface area contributed by atoms with Gasteiger partial charge >= 0.3 is 0 Å². The van der Waals surface area contributed by atoms with Crippen molar-refractivity contribution in [2.75, 3.05) is 0 Å². The van der Waals surface area contributed by atoms with Crippen LogP contribution in [0.3, 0.4) is 0 Å². The molecule has 3 heteroatoms. The number of allylic oxidation sites excluding steroid dienone is 1. The van der Waals surface area contributed by atoms with E-state index in [4.69, 9.17) is 17.3 Å². The van der Waals surface area contributed by atoms with Crippen molar-refractivity contribution in [3.8, 4) is 0 Å². The van der Waals surface area contributed by atoms with Gasteiger partial charge in [-0.05, 0) is 18.7 Å². The van der Waals surface area contributed by atoms with Gasteiger partial charge < -0.3 is 5.73 Å². The smallest absolute Gasteiger partial charge is 0.108 e. The number of hydrogen-bond acceptors (Lipinski definition) is 2. The van der Waals surface area contributed by atoms with E-state index in [2.05, 4.69) is 12.2 Å². The summed E-state index contributed by atoms with van der Waals surface area (Å²) >= 11 is 9.85. The van der Waals surface area contributed by atoms with Crippen molar-refractivity contribution in [2.45, 2.75) is 6.92 Å². The molecule has 0 fully saturated rings. The van der Waals surface area contributed by atoms with Gasteiger partial charge in [0, 0.05) is 0 Å². The topological polar surface area (TPSA) is 26.0 Å². The van der Waals surface area contributed by atoms with Gasteiger partial charge in [0.05, 0.1) is 0 Å². The van der Waals surface area contributed by atoms with Gasteiger partial charge in [0.25, 0.3) is 0 Å². The van der Waals surface area contributed by atoms with Crippen molar-refractivity contribution < 1.29 is 0 Å². The first-order valence-corrected chi connectivity index (χ1v) is 2.55. The predicted octanol–water partition coefficient (Wildman–Crippen LogP) is 1.42. The van der Waals surface area contributed by atoms with Crippen molar-refractivity contribution in [2.24, 2.45) is 5.73 Å². The summed E-state index contributed by atoms with van der Waals surface area (Å²) in [6.07, 6.45) is 1.38. The van der Waals surface area contributed by atoms with Gasteiger partial charge in [0.15, 0.2) is 0 Å². The van der Waals surface area contributed by atoms with E-state index in [9.17, 15) is 0 Å². The summed E-state index contributed by atoms with van der Waals surface area (Å²) < 4.78 is 0.336. The molecule has 1 nitrogen and oxygen atoms in total. The second kappa shape index (κ2) is 2.99. The summed E-state index contributed by atoms with van der Waals surface area (Å²) in [4.78, 5) is 0. The first-order valence-electron chi connectivity index (χ1n) is 1.77. The lowest BCUT2D eigenvalue weighted by atomic mass is 10.4. The highest BCUT2D eigenvalue weighted by Crippen LogP contribution is 1.97. The molecule has 0 amide bonds. The monoisotopic (exact) mass is 135 g/mol. The molecular formula is C4H6ClNS. The first kappa shape index (κ1) is 6.92. The van der Waals surface area contributed by atoms with Crippen LogP contribution in [0.5, 0.6) is 0 Å². The molecule has 40 valence electrons. The maximum absolute atomic E-state index is 5.31. The summed E-state index contributed by atoms with van der Waals surface area (Å²) in [6, 6.07) is 0. The fraction of sp³-hybridized carbons (Fsp3) is 0.250. The van der Waals surface area contributed by atoms with Crippen LogP contribution in [0.15, 0.2) is 11.8 Å². The Labute approximate surface area is 53.1 Å². The molecule has 0 unspecified atom stereocenters. The molecule has 0 aromatic heterocycles. The summed E-state index contributed by atoms with van der Waals surface area (Å²) in [7, 11) is 0. The number of rotatable bonds is 1. The molecule has 0 aliphatic heterocycles. The van der Waals surface area contributed by atoms with Crippen LogP contribution in [-0.4, -0.2) is 4.32 Å². The minimum atomic E-state index is 0.336. The van der Waals surface area contributed by atoms with Crippen molar-refractivity contribution in [1.29, 1.82) is 0 Å². The number of nitrogens with two attached hydrogens (primary N) is 1. The van der Waals surface area contributed by atoms with Crippen LogP contribution < -0.4 is 5.73 Å². The Kier molecular flexibility index (Phi) is 2.96. The van der Waals surface area contributed by atoms with E-state index in [-0.39, 0.29) is 0 Å². The molecule has 0 rings (SSSR count). The molecule has 0 aromatic carbocycles. The average Bonchev–Trinajstić information content (AvgIpc) is 1.65. The lowest BCUT2D eigenvalue weighted by Gasteiger charge is -1.86. The SMILES string of the molecule is CC(=CN)C(=S)Cl. The van der Waals surface area contributed by atoms with E-state index in [1.54, 1.807) is 6.92 Å². The largest absolute Gasteiger partial charge is 0.404 e. The lowest BCUT2D eigenvalue weighted by molar-refractivity contribution is 1.50. The fourth-order valence-electron chi connectivity index (χ4n) is 0.0655. The van der Waals surface area contributed by atoms with Gasteiger partial charge in [0.2, 0.25) is 0 Å². The highest BCUT2D eigenvalue weighted by molar-refractivity contribution is 7.83. The molecule has 0 radical (unpaired) electrons. The Hall–Kier alpha value is -0.0800. The van der Waals surface area contributed by atoms with Gasteiger partial charge in [-0.1, -0.05) is 23.8 Å². The normalized spacial score (nSPS) is 11.4. The minimum absolute atomic E-state index is 0.336. The highest BCUT2D eigenvalue weighted by Gasteiger charge is 1.88. The van der Waals surface area contributed by atoms with E-state index in [1.165, 1.54) is 6.20 Å². The third-order valence-corrected chi connectivity index (χ3v) is 1.18. The van der Waals surface area contributed by atoms with Crippen LogP contribution in [-0.2, 0) is 0 Å². The van der Waals surface area contributed by atoms with E-state index >= 15 is 0 Å². The van der Waals surface area contributed by atoms with Crippen LogP contribution in [0.1, 0.15) is 6.92 Å². The van der Waals surface area contributed by atoms with Crippen LogP contribution in [0.4, 0.5) is 0 Å². The Morgan fingerprint density at radius 3 is 2.29 bits per heavy atom. The zero-order valence-corrected chi connectivity index (χ0v) is 5.51. The van der Waals surface area contributed by atoms with Crippen LogP contribution in [0.2, 0.25) is 0 Å². The maximum Gasteiger partial charge on any atom is 0.108 e. The molecule has 7 heavy (non-hydrogen) atoms. The molecule has 0 spiro atoms. The summed E-state index contributed by atoms with van der Waals surface area (Å²) in [5.74, 6) is 0. The van der Waals surface area contributed by atoms with E-state index < -0.39 is 0 Å². The second-order valence-corrected chi connectivity index (χ2v) is 2.13. The Balaban J connectivity index is 3.82. The number of halogens is 1. The third-order valence-electron chi connectivity index (χ3n) is 0.560. The van der Waals surface area contributed by atoms with Gasteiger partial charge in [-0.3, -0.25) is 0 Å². The first-order chi connectivity index (χ1) is 3.18. The Morgan fingerprint density at radius 2 is 2.29 bits per heavy atom. The molecule has 0 heterocycles. The van der Waals surface area contributed by atoms with Crippen LogP contribution in [0.25, 0.3) is 0 Å². The van der Waals surface area contributed by atoms with Crippen molar-refractivity contribution in [1.82, 2.24) is 0 Å². The molecule has 0 aromatic rings. The van der Waals surface area contributed by atoms with E-state index in [1.807, 2.05) is 0 Å². The predicted molar refractivity (Wildman–Crippen MR) is 36.4 cm³/mol. The molecular weight excluding hydrogens is 130 g/mol. The molecule has 0 saturated heterocycles. The van der Waals surface area contributed by atoms with Crippen molar-refractivity contribution in [3.05, 3.63) is 11.8 Å². The van der Waals surface area contributed by atoms with Crippen LogP contribution in [0, 0.1) is 0 Å². The molecule has 2 N–H and O–H groups in total. The van der Waals surface area contributed by atoms with Gasteiger partial charge in [0.1, 0.15) is 4.32 Å². The molecule has 0 atom stereocenters. The van der Waals surface area contributed by atoms with Crippen molar-refractivity contribution >= 4 is 28.1 Å². The lowest BCUT2D eigenvalue weighted by Crippen LogP contribution is -1.88. The molecule has 0 aliphatic rings. The molecule has 0 bridgehead atoms. The Bertz CT molecular complexity index is 108. The summed E-state index contributed by atoms with van der Waals surface area (Å²) in [6.45, 7) is 1.76. The van der Waals surface area contributed by atoms with Gasteiger partial charge in [-0.15, -0.1) is 0 Å². The van der Waals surface area contributed by atoms with Crippen molar-refractivity contribution in [3.63, 3.8) is 0 Å². The average molecular weight is 136 g/mol. The zero-order valence-electron chi connectivity index (χ0n) is 3.94. The quantitative estimate of drug-likeness (QED) is 0.334. The highest BCUT2D eigenvalue weighted by atomic mass is 35.5. The number of hydrogen-bond donors (Lipinski definition) is 1. The van der Waals surface area contributed by atoms with Crippen LogP contribution >= 0.6 is 23.8 Å². The summed E-state index contributed by atoms with van der Waals surface area (Å²) in [5, 5.41) is 0. The third kappa shape index (κ3) is 2.60. The molecule has 0 aliphatic carbocycles. The Morgan fingerprint density at radius 1 is 1.86 bits per heavy atom. The van der Waals surface area contributed by atoms with Gasteiger partial charge in [-0.25, -0.2) is 0 Å². The standard InChI is InChI=1S/C4H6ClNS/c1-3(2-6)4(5)7/h2H,6H2,1H3. The fourth-order valence-corrected chi connectivity index (χ4v) is 0.197. The molecule has 0 saturated carbocycles. The maximum atomic E-state index is 5.31. The second-order valence-electron chi connectivity index (χ2n) is 1.12. The van der Waals surface area contributed by atoms with E-state index in [0.29, 0.717) is 4.32 Å². The minimum Gasteiger partial charge on any atom is -0.404 e. The number of thiocarbonyl (C=S) groups is 1. The van der Waals surface area contributed by atoms with E-state index in [0.717, 1.165) is 5.57 Å².